The lowest BCUT2D eigenvalue weighted by atomic mass is 10.0. The van der Waals surface area contributed by atoms with Gasteiger partial charge in [0.15, 0.2) is 0 Å². The van der Waals surface area contributed by atoms with Crippen molar-refractivity contribution in [2.24, 2.45) is 5.92 Å². The Bertz CT molecular complexity index is 529. The molecule has 1 N–H and O–H groups in total. The summed E-state index contributed by atoms with van der Waals surface area (Å²) < 4.78 is 0.889. The van der Waals surface area contributed by atoms with Crippen LogP contribution in [0.2, 0.25) is 0 Å². The lowest BCUT2D eigenvalue weighted by Gasteiger charge is -2.24. The molecule has 102 valence electrons. The summed E-state index contributed by atoms with van der Waals surface area (Å²) in [5.74, 6) is -1.37. The van der Waals surface area contributed by atoms with Gasteiger partial charge in [-0.25, -0.2) is 0 Å². The van der Waals surface area contributed by atoms with Crippen LogP contribution in [-0.4, -0.2) is 34.5 Å². The zero-order valence-electron chi connectivity index (χ0n) is 10.9. The monoisotopic (exact) mass is 325 g/mol. The number of carbonyl (C=O) groups is 2. The summed E-state index contributed by atoms with van der Waals surface area (Å²) in [6.07, 6.45) is 0.523. The highest BCUT2D eigenvalue weighted by Gasteiger charge is 2.38. The van der Waals surface area contributed by atoms with E-state index in [1.54, 1.807) is 17.9 Å². The number of carboxylic acid groups (broad SMARTS) is 1. The fraction of sp³-hybridized carbons (Fsp3) is 0.429. The molecule has 1 fully saturated rings. The van der Waals surface area contributed by atoms with Crippen molar-refractivity contribution >= 4 is 27.8 Å². The number of likely N-dealkylation sites (tertiary alicyclic amines) is 1. The number of amides is 1. The fourth-order valence-corrected chi connectivity index (χ4v) is 2.92. The van der Waals surface area contributed by atoms with Crippen LogP contribution in [0.4, 0.5) is 0 Å². The van der Waals surface area contributed by atoms with Crippen molar-refractivity contribution in [2.45, 2.75) is 26.3 Å². The zero-order valence-corrected chi connectivity index (χ0v) is 12.5. The third-order valence-electron chi connectivity index (χ3n) is 3.83. The van der Waals surface area contributed by atoms with Gasteiger partial charge in [-0.1, -0.05) is 22.0 Å². The second-order valence-electron chi connectivity index (χ2n) is 4.88. The van der Waals surface area contributed by atoms with E-state index in [0.29, 0.717) is 18.5 Å². The normalized spacial score (nSPS) is 22.6. The molecule has 4 nitrogen and oxygen atoms in total. The molecule has 0 radical (unpaired) electrons. The molecule has 0 bridgehead atoms. The van der Waals surface area contributed by atoms with Crippen molar-refractivity contribution < 1.29 is 14.7 Å². The number of aliphatic carboxylic acids is 1. The van der Waals surface area contributed by atoms with Gasteiger partial charge in [0, 0.05) is 22.6 Å². The SMILES string of the molecule is Cc1c(Br)cccc1C(=O)N1CCC(C(=O)O)C1C. The van der Waals surface area contributed by atoms with Gasteiger partial charge in [-0.15, -0.1) is 0 Å². The molecule has 2 atom stereocenters. The van der Waals surface area contributed by atoms with Crippen LogP contribution in [0.5, 0.6) is 0 Å². The first-order chi connectivity index (χ1) is 8.93. The standard InChI is InChI=1S/C14H16BrNO3/c1-8-10(4-3-5-12(8)15)13(17)16-7-6-11(9(16)2)14(18)19/h3-5,9,11H,6-7H2,1-2H3,(H,18,19). The Morgan fingerprint density at radius 3 is 2.68 bits per heavy atom. The molecule has 0 aromatic heterocycles. The molecule has 1 aliphatic rings. The van der Waals surface area contributed by atoms with Crippen LogP contribution in [0.3, 0.4) is 0 Å². The highest BCUT2D eigenvalue weighted by atomic mass is 79.9. The summed E-state index contributed by atoms with van der Waals surface area (Å²) in [7, 11) is 0. The average Bonchev–Trinajstić information content (AvgIpc) is 2.74. The highest BCUT2D eigenvalue weighted by Crippen LogP contribution is 2.28. The Kier molecular flexibility index (Phi) is 3.94. The predicted octanol–water partition coefficient (Wildman–Crippen LogP) is 2.69. The molecule has 2 unspecified atom stereocenters. The average molecular weight is 326 g/mol. The van der Waals surface area contributed by atoms with Gasteiger partial charge in [0.05, 0.1) is 5.92 Å². The minimum atomic E-state index is -0.825. The second kappa shape index (κ2) is 5.33. The first-order valence-electron chi connectivity index (χ1n) is 6.22. The second-order valence-corrected chi connectivity index (χ2v) is 5.74. The maximum atomic E-state index is 12.5. The summed E-state index contributed by atoms with van der Waals surface area (Å²) in [5, 5.41) is 9.11. The van der Waals surface area contributed by atoms with Crippen molar-refractivity contribution in [1.29, 1.82) is 0 Å². The predicted molar refractivity (Wildman–Crippen MR) is 75.1 cm³/mol. The van der Waals surface area contributed by atoms with Gasteiger partial charge < -0.3 is 10.0 Å². The molecule has 19 heavy (non-hydrogen) atoms. The summed E-state index contributed by atoms with van der Waals surface area (Å²) in [6, 6.07) is 5.23. The Morgan fingerprint density at radius 2 is 2.11 bits per heavy atom. The Balaban J connectivity index is 2.26. The van der Waals surface area contributed by atoms with E-state index in [0.717, 1.165) is 10.0 Å². The van der Waals surface area contributed by atoms with Crippen LogP contribution >= 0.6 is 15.9 Å². The number of carbonyl (C=O) groups excluding carboxylic acids is 1. The van der Waals surface area contributed by atoms with E-state index in [1.807, 2.05) is 19.1 Å². The maximum Gasteiger partial charge on any atom is 0.308 e. The van der Waals surface area contributed by atoms with Gasteiger partial charge in [-0.3, -0.25) is 9.59 Å². The molecule has 0 spiro atoms. The Hall–Kier alpha value is -1.36. The van der Waals surface area contributed by atoms with Crippen molar-refractivity contribution in [3.05, 3.63) is 33.8 Å². The lowest BCUT2D eigenvalue weighted by Crippen LogP contribution is -2.38. The molecule has 2 rings (SSSR count). The highest BCUT2D eigenvalue weighted by molar-refractivity contribution is 9.10. The minimum Gasteiger partial charge on any atom is -0.481 e. The van der Waals surface area contributed by atoms with Crippen LogP contribution in [0, 0.1) is 12.8 Å². The van der Waals surface area contributed by atoms with Crippen LogP contribution in [0.1, 0.15) is 29.3 Å². The maximum absolute atomic E-state index is 12.5. The molecule has 1 aliphatic heterocycles. The van der Waals surface area contributed by atoms with Crippen LogP contribution in [0.25, 0.3) is 0 Å². The summed E-state index contributed by atoms with van der Waals surface area (Å²) in [6.45, 7) is 4.19. The number of hydrogen-bond acceptors (Lipinski definition) is 2. The topological polar surface area (TPSA) is 57.6 Å². The van der Waals surface area contributed by atoms with E-state index in [-0.39, 0.29) is 11.9 Å². The van der Waals surface area contributed by atoms with Gasteiger partial charge >= 0.3 is 5.97 Å². The number of hydrogen-bond donors (Lipinski definition) is 1. The first-order valence-corrected chi connectivity index (χ1v) is 7.01. The summed E-state index contributed by atoms with van der Waals surface area (Å²) in [5.41, 5.74) is 1.52. The third kappa shape index (κ3) is 2.52. The number of nitrogens with zero attached hydrogens (tertiary/aromatic N) is 1. The van der Waals surface area contributed by atoms with Crippen molar-refractivity contribution in [3.8, 4) is 0 Å². The third-order valence-corrected chi connectivity index (χ3v) is 4.69. The van der Waals surface area contributed by atoms with Crippen molar-refractivity contribution in [1.82, 2.24) is 4.90 Å². The van der Waals surface area contributed by atoms with Gasteiger partial charge in [-0.05, 0) is 38.0 Å². The van der Waals surface area contributed by atoms with Crippen LogP contribution in [0.15, 0.2) is 22.7 Å². The number of carboxylic acids is 1. The molecule has 0 aliphatic carbocycles. The molecule has 1 aromatic carbocycles. The molecule has 1 amide bonds. The minimum absolute atomic E-state index is 0.0879. The fourth-order valence-electron chi connectivity index (χ4n) is 2.55. The molecule has 1 aromatic rings. The van der Waals surface area contributed by atoms with Crippen LogP contribution in [-0.2, 0) is 4.79 Å². The first kappa shape index (κ1) is 14.1. The summed E-state index contributed by atoms with van der Waals surface area (Å²) in [4.78, 5) is 25.3. The van der Waals surface area contributed by atoms with E-state index in [4.69, 9.17) is 5.11 Å². The molecule has 0 saturated carbocycles. The number of rotatable bonds is 2. The zero-order chi connectivity index (χ0) is 14.2. The molecule has 5 heteroatoms. The Morgan fingerprint density at radius 1 is 1.42 bits per heavy atom. The van der Waals surface area contributed by atoms with Crippen molar-refractivity contribution in [3.63, 3.8) is 0 Å². The van der Waals surface area contributed by atoms with Gasteiger partial charge in [0.1, 0.15) is 0 Å². The molecular formula is C14H16BrNO3. The van der Waals surface area contributed by atoms with E-state index < -0.39 is 11.9 Å². The van der Waals surface area contributed by atoms with Gasteiger partial charge in [0.2, 0.25) is 0 Å². The van der Waals surface area contributed by atoms with Gasteiger partial charge in [-0.2, -0.15) is 0 Å². The number of benzene rings is 1. The Labute approximate surface area is 120 Å². The van der Waals surface area contributed by atoms with Gasteiger partial charge in [0.25, 0.3) is 5.91 Å². The smallest absolute Gasteiger partial charge is 0.308 e. The van der Waals surface area contributed by atoms with Crippen molar-refractivity contribution in [2.75, 3.05) is 6.54 Å². The summed E-state index contributed by atoms with van der Waals surface area (Å²) >= 11 is 3.41. The molecule has 1 saturated heterocycles. The van der Waals surface area contributed by atoms with E-state index in [9.17, 15) is 9.59 Å². The molecule has 1 heterocycles. The quantitative estimate of drug-likeness (QED) is 0.909. The van der Waals surface area contributed by atoms with E-state index in [2.05, 4.69) is 15.9 Å². The largest absolute Gasteiger partial charge is 0.481 e. The lowest BCUT2D eigenvalue weighted by molar-refractivity contribution is -0.142. The van der Waals surface area contributed by atoms with Crippen LogP contribution < -0.4 is 0 Å². The molecular weight excluding hydrogens is 310 g/mol. The van der Waals surface area contributed by atoms with E-state index in [1.165, 1.54) is 0 Å². The van der Waals surface area contributed by atoms with E-state index >= 15 is 0 Å². The number of halogens is 1.